The standard InChI is InChI=1S/C13H22N4/c1-4-11-16-12(14-5-2)9(3)13(17-11)15-10-7-6-8-10/h10H,4-8H2,1-3H3,(H2,14,15,16,17). The summed E-state index contributed by atoms with van der Waals surface area (Å²) in [6.07, 6.45) is 4.74. The molecule has 2 N–H and O–H groups in total. The molecule has 0 saturated heterocycles. The van der Waals surface area contributed by atoms with E-state index in [0.717, 1.165) is 36.0 Å². The predicted octanol–water partition coefficient (Wildman–Crippen LogP) is 2.74. The summed E-state index contributed by atoms with van der Waals surface area (Å²) in [5, 5.41) is 6.84. The zero-order valence-electron chi connectivity index (χ0n) is 11.0. The van der Waals surface area contributed by atoms with Gasteiger partial charge in [0.25, 0.3) is 0 Å². The van der Waals surface area contributed by atoms with Crippen LogP contribution in [0.25, 0.3) is 0 Å². The van der Waals surface area contributed by atoms with E-state index >= 15 is 0 Å². The third-order valence-corrected chi connectivity index (χ3v) is 3.30. The van der Waals surface area contributed by atoms with E-state index in [1.54, 1.807) is 0 Å². The number of hydrogen-bond donors (Lipinski definition) is 2. The number of anilines is 2. The van der Waals surface area contributed by atoms with Crippen LogP contribution in [0.5, 0.6) is 0 Å². The van der Waals surface area contributed by atoms with Gasteiger partial charge in [-0.1, -0.05) is 6.92 Å². The van der Waals surface area contributed by atoms with Gasteiger partial charge in [0.15, 0.2) is 0 Å². The van der Waals surface area contributed by atoms with Crippen molar-refractivity contribution >= 4 is 11.6 Å². The van der Waals surface area contributed by atoms with Gasteiger partial charge in [-0.3, -0.25) is 0 Å². The van der Waals surface area contributed by atoms with Gasteiger partial charge in [0.1, 0.15) is 17.5 Å². The molecule has 1 heterocycles. The van der Waals surface area contributed by atoms with Gasteiger partial charge in [0.05, 0.1) is 0 Å². The maximum Gasteiger partial charge on any atom is 0.134 e. The molecule has 0 unspecified atom stereocenters. The van der Waals surface area contributed by atoms with E-state index in [1.807, 2.05) is 0 Å². The molecule has 0 aromatic carbocycles. The van der Waals surface area contributed by atoms with E-state index in [0.29, 0.717) is 6.04 Å². The summed E-state index contributed by atoms with van der Waals surface area (Å²) in [6, 6.07) is 0.614. The van der Waals surface area contributed by atoms with Crippen LogP contribution >= 0.6 is 0 Å². The van der Waals surface area contributed by atoms with E-state index in [9.17, 15) is 0 Å². The lowest BCUT2D eigenvalue weighted by molar-refractivity contribution is 0.444. The fourth-order valence-corrected chi connectivity index (χ4v) is 1.95. The topological polar surface area (TPSA) is 49.8 Å². The fourth-order valence-electron chi connectivity index (χ4n) is 1.95. The van der Waals surface area contributed by atoms with Crippen molar-refractivity contribution in [2.24, 2.45) is 0 Å². The average molecular weight is 234 g/mol. The molecule has 1 aliphatic carbocycles. The Labute approximate surface area is 103 Å². The molecular weight excluding hydrogens is 212 g/mol. The van der Waals surface area contributed by atoms with E-state index in [-0.39, 0.29) is 0 Å². The number of nitrogens with one attached hydrogen (secondary N) is 2. The highest BCUT2D eigenvalue weighted by Gasteiger charge is 2.19. The van der Waals surface area contributed by atoms with Crippen molar-refractivity contribution in [1.82, 2.24) is 9.97 Å². The van der Waals surface area contributed by atoms with Crippen LogP contribution in [0.3, 0.4) is 0 Å². The Bertz CT molecular complexity index is 385. The van der Waals surface area contributed by atoms with Crippen molar-refractivity contribution < 1.29 is 0 Å². The van der Waals surface area contributed by atoms with Gasteiger partial charge in [-0.05, 0) is 33.1 Å². The highest BCUT2D eigenvalue weighted by atomic mass is 15.1. The van der Waals surface area contributed by atoms with E-state index in [4.69, 9.17) is 0 Å². The first-order valence-corrected chi connectivity index (χ1v) is 6.62. The third-order valence-electron chi connectivity index (χ3n) is 3.30. The molecule has 0 bridgehead atoms. The number of rotatable bonds is 5. The Morgan fingerprint density at radius 1 is 1.18 bits per heavy atom. The normalized spacial score (nSPS) is 15.5. The van der Waals surface area contributed by atoms with Gasteiger partial charge in [-0.25, -0.2) is 9.97 Å². The van der Waals surface area contributed by atoms with Crippen molar-refractivity contribution in [3.05, 3.63) is 11.4 Å². The van der Waals surface area contributed by atoms with Crippen LogP contribution in [0.15, 0.2) is 0 Å². The Morgan fingerprint density at radius 3 is 2.41 bits per heavy atom. The van der Waals surface area contributed by atoms with E-state index in [1.165, 1.54) is 19.3 Å². The van der Waals surface area contributed by atoms with Crippen molar-refractivity contribution in [3.8, 4) is 0 Å². The summed E-state index contributed by atoms with van der Waals surface area (Å²) in [7, 11) is 0. The lowest BCUT2D eigenvalue weighted by Gasteiger charge is -2.28. The van der Waals surface area contributed by atoms with E-state index < -0.39 is 0 Å². The molecule has 0 radical (unpaired) electrons. The van der Waals surface area contributed by atoms with Gasteiger partial charge in [0, 0.05) is 24.6 Å². The quantitative estimate of drug-likeness (QED) is 0.822. The average Bonchev–Trinajstić information content (AvgIpc) is 2.28. The molecule has 17 heavy (non-hydrogen) atoms. The summed E-state index contributed by atoms with van der Waals surface area (Å²) in [4.78, 5) is 9.12. The number of aryl methyl sites for hydroxylation is 1. The minimum Gasteiger partial charge on any atom is -0.370 e. The lowest BCUT2D eigenvalue weighted by atomic mass is 9.93. The summed E-state index contributed by atoms with van der Waals surface area (Å²) in [6.45, 7) is 7.15. The number of aromatic nitrogens is 2. The minimum absolute atomic E-state index is 0.614. The third kappa shape index (κ3) is 2.68. The van der Waals surface area contributed by atoms with Crippen LogP contribution in [0.2, 0.25) is 0 Å². The first-order valence-electron chi connectivity index (χ1n) is 6.62. The van der Waals surface area contributed by atoms with Gasteiger partial charge < -0.3 is 10.6 Å². The molecule has 4 nitrogen and oxygen atoms in total. The Hall–Kier alpha value is -1.32. The zero-order chi connectivity index (χ0) is 12.3. The van der Waals surface area contributed by atoms with Crippen LogP contribution in [0.4, 0.5) is 11.6 Å². The van der Waals surface area contributed by atoms with Crippen LogP contribution in [-0.4, -0.2) is 22.6 Å². The maximum absolute atomic E-state index is 4.59. The van der Waals surface area contributed by atoms with Crippen molar-refractivity contribution in [2.45, 2.75) is 52.5 Å². The Morgan fingerprint density at radius 2 is 1.88 bits per heavy atom. The highest BCUT2D eigenvalue weighted by molar-refractivity contribution is 5.57. The van der Waals surface area contributed by atoms with Gasteiger partial charge in [0.2, 0.25) is 0 Å². The fraction of sp³-hybridized carbons (Fsp3) is 0.692. The molecule has 4 heteroatoms. The first kappa shape index (κ1) is 12.1. The van der Waals surface area contributed by atoms with Gasteiger partial charge in [-0.15, -0.1) is 0 Å². The Kier molecular flexibility index (Phi) is 3.82. The molecule has 1 aromatic heterocycles. The molecule has 1 aliphatic rings. The van der Waals surface area contributed by atoms with Gasteiger partial charge >= 0.3 is 0 Å². The monoisotopic (exact) mass is 234 g/mol. The lowest BCUT2D eigenvalue weighted by Crippen LogP contribution is -2.28. The molecule has 0 atom stereocenters. The number of hydrogen-bond acceptors (Lipinski definition) is 4. The van der Waals surface area contributed by atoms with Crippen molar-refractivity contribution in [2.75, 3.05) is 17.2 Å². The van der Waals surface area contributed by atoms with Crippen LogP contribution in [0, 0.1) is 6.92 Å². The minimum atomic E-state index is 0.614. The maximum atomic E-state index is 4.59. The summed E-state index contributed by atoms with van der Waals surface area (Å²) in [5.74, 6) is 2.90. The number of nitrogens with zero attached hydrogens (tertiary/aromatic N) is 2. The second kappa shape index (κ2) is 5.34. The molecule has 1 fully saturated rings. The van der Waals surface area contributed by atoms with Gasteiger partial charge in [-0.2, -0.15) is 0 Å². The van der Waals surface area contributed by atoms with E-state index in [2.05, 4.69) is 41.4 Å². The smallest absolute Gasteiger partial charge is 0.134 e. The molecule has 0 amide bonds. The van der Waals surface area contributed by atoms with Crippen LogP contribution < -0.4 is 10.6 Å². The molecular formula is C13H22N4. The molecule has 0 spiro atoms. The second-order valence-electron chi connectivity index (χ2n) is 4.62. The van der Waals surface area contributed by atoms with Crippen molar-refractivity contribution in [3.63, 3.8) is 0 Å². The molecule has 0 aliphatic heterocycles. The first-order chi connectivity index (χ1) is 8.24. The second-order valence-corrected chi connectivity index (χ2v) is 4.62. The predicted molar refractivity (Wildman–Crippen MR) is 71.6 cm³/mol. The SMILES string of the molecule is CCNc1nc(CC)nc(NC2CCC2)c1C. The molecule has 94 valence electrons. The van der Waals surface area contributed by atoms with Crippen molar-refractivity contribution in [1.29, 1.82) is 0 Å². The largest absolute Gasteiger partial charge is 0.370 e. The molecule has 1 saturated carbocycles. The highest BCUT2D eigenvalue weighted by Crippen LogP contribution is 2.26. The Balaban J connectivity index is 2.24. The molecule has 2 rings (SSSR count). The summed E-state index contributed by atoms with van der Waals surface area (Å²) >= 11 is 0. The summed E-state index contributed by atoms with van der Waals surface area (Å²) in [5.41, 5.74) is 1.14. The van der Waals surface area contributed by atoms with Crippen LogP contribution in [0.1, 0.15) is 44.5 Å². The van der Waals surface area contributed by atoms with Crippen LogP contribution in [-0.2, 0) is 6.42 Å². The summed E-state index contributed by atoms with van der Waals surface area (Å²) < 4.78 is 0. The zero-order valence-corrected chi connectivity index (χ0v) is 11.0. The molecule has 1 aromatic rings.